The van der Waals surface area contributed by atoms with E-state index in [1.54, 1.807) is 22.2 Å². The molecule has 3 aromatic rings. The van der Waals surface area contributed by atoms with Crippen LogP contribution in [0.3, 0.4) is 0 Å². The first-order valence-electron chi connectivity index (χ1n) is 7.54. The Morgan fingerprint density at radius 2 is 2.12 bits per heavy atom. The highest BCUT2D eigenvalue weighted by Gasteiger charge is 2.13. The van der Waals surface area contributed by atoms with E-state index >= 15 is 0 Å². The summed E-state index contributed by atoms with van der Waals surface area (Å²) in [4.78, 5) is 0. The Morgan fingerprint density at radius 3 is 2.79 bits per heavy atom. The van der Waals surface area contributed by atoms with Gasteiger partial charge in [-0.3, -0.25) is 4.68 Å². The van der Waals surface area contributed by atoms with Gasteiger partial charge in [0.2, 0.25) is 0 Å². The topological polar surface area (TPSA) is 55.9 Å². The molecule has 24 heavy (non-hydrogen) atoms. The summed E-state index contributed by atoms with van der Waals surface area (Å²) in [6.45, 7) is 0.343. The van der Waals surface area contributed by atoms with Crippen LogP contribution in [0, 0.1) is 11.6 Å². The molecule has 0 aliphatic heterocycles. The third-order valence-corrected chi connectivity index (χ3v) is 4.69. The minimum Gasteiger partial charge on any atom is -0.373 e. The summed E-state index contributed by atoms with van der Waals surface area (Å²) in [6.07, 6.45) is 2.14. The molecular formula is C17H18F2N4S. The maximum atomic E-state index is 13.8. The molecule has 0 fully saturated rings. The third-order valence-electron chi connectivity index (χ3n) is 3.83. The van der Waals surface area contributed by atoms with Crippen LogP contribution in [-0.4, -0.2) is 22.4 Å². The van der Waals surface area contributed by atoms with E-state index in [9.17, 15) is 8.78 Å². The van der Waals surface area contributed by atoms with E-state index in [1.807, 2.05) is 24.6 Å². The number of anilines is 1. The second-order valence-corrected chi connectivity index (χ2v) is 6.47. The van der Waals surface area contributed by atoms with Gasteiger partial charge in [-0.1, -0.05) is 6.07 Å². The molecule has 0 aliphatic carbocycles. The number of halogens is 2. The van der Waals surface area contributed by atoms with Gasteiger partial charge in [0.25, 0.3) is 0 Å². The molecule has 0 spiro atoms. The Kier molecular flexibility index (Phi) is 4.92. The van der Waals surface area contributed by atoms with Crippen molar-refractivity contribution in [1.82, 2.24) is 9.78 Å². The standard InChI is InChI=1S/C17H18F2N4S/c1-23-16(4-5-21-23)12-7-17(24-10-12)22-14(9-20)6-11-2-3-13(18)8-15(11)19/h2-5,7-8,10,14,22H,6,9,20H2,1H3/t14-/m0/s1. The fourth-order valence-corrected chi connectivity index (χ4v) is 3.42. The van der Waals surface area contributed by atoms with E-state index in [0.29, 0.717) is 18.5 Å². The van der Waals surface area contributed by atoms with Crippen molar-refractivity contribution in [3.8, 4) is 11.3 Å². The highest BCUT2D eigenvalue weighted by molar-refractivity contribution is 7.14. The number of nitrogens with zero attached hydrogens (tertiary/aromatic N) is 2. The Balaban J connectivity index is 1.72. The summed E-state index contributed by atoms with van der Waals surface area (Å²) in [5.74, 6) is -1.12. The normalized spacial score (nSPS) is 12.3. The average Bonchev–Trinajstić information content (AvgIpc) is 3.17. The minimum absolute atomic E-state index is 0.136. The smallest absolute Gasteiger partial charge is 0.129 e. The average molecular weight is 348 g/mol. The van der Waals surface area contributed by atoms with Gasteiger partial charge in [-0.2, -0.15) is 5.10 Å². The van der Waals surface area contributed by atoms with Crippen LogP contribution in [0.4, 0.5) is 13.8 Å². The number of nitrogens with one attached hydrogen (secondary N) is 1. The largest absolute Gasteiger partial charge is 0.373 e. The first-order chi connectivity index (χ1) is 11.6. The molecule has 0 unspecified atom stereocenters. The van der Waals surface area contributed by atoms with E-state index in [0.717, 1.165) is 22.3 Å². The summed E-state index contributed by atoms with van der Waals surface area (Å²) in [6, 6.07) is 7.45. The van der Waals surface area contributed by atoms with Gasteiger partial charge in [0.15, 0.2) is 0 Å². The molecular weight excluding hydrogens is 330 g/mol. The lowest BCUT2D eigenvalue weighted by Gasteiger charge is -2.17. The SMILES string of the molecule is Cn1nccc1-c1csc(N[C@H](CN)Cc2ccc(F)cc2F)c1. The molecule has 0 saturated carbocycles. The maximum absolute atomic E-state index is 13.8. The van der Waals surface area contributed by atoms with Crippen molar-refractivity contribution in [2.75, 3.05) is 11.9 Å². The molecule has 7 heteroatoms. The Morgan fingerprint density at radius 1 is 1.29 bits per heavy atom. The molecule has 0 saturated heterocycles. The summed E-state index contributed by atoms with van der Waals surface area (Å²) in [5.41, 5.74) is 8.34. The molecule has 0 bridgehead atoms. The van der Waals surface area contributed by atoms with Crippen molar-refractivity contribution >= 4 is 16.3 Å². The van der Waals surface area contributed by atoms with Crippen LogP contribution >= 0.6 is 11.3 Å². The van der Waals surface area contributed by atoms with Crippen molar-refractivity contribution in [3.63, 3.8) is 0 Å². The summed E-state index contributed by atoms with van der Waals surface area (Å²) in [5, 5.41) is 10.5. The van der Waals surface area contributed by atoms with Crippen LogP contribution in [-0.2, 0) is 13.5 Å². The van der Waals surface area contributed by atoms with Gasteiger partial charge >= 0.3 is 0 Å². The van der Waals surface area contributed by atoms with Crippen molar-refractivity contribution in [2.24, 2.45) is 12.8 Å². The van der Waals surface area contributed by atoms with E-state index in [-0.39, 0.29) is 6.04 Å². The van der Waals surface area contributed by atoms with Gasteiger partial charge in [-0.05, 0) is 30.2 Å². The van der Waals surface area contributed by atoms with Crippen LogP contribution in [0.5, 0.6) is 0 Å². The molecule has 3 rings (SSSR count). The number of nitrogens with two attached hydrogens (primary N) is 1. The van der Waals surface area contributed by atoms with Gasteiger partial charge in [0.1, 0.15) is 11.6 Å². The lowest BCUT2D eigenvalue weighted by atomic mass is 10.1. The molecule has 0 amide bonds. The Bertz CT molecular complexity index is 828. The van der Waals surface area contributed by atoms with Crippen molar-refractivity contribution in [2.45, 2.75) is 12.5 Å². The molecule has 2 aromatic heterocycles. The summed E-state index contributed by atoms with van der Waals surface area (Å²) < 4.78 is 28.6. The van der Waals surface area contributed by atoms with Crippen molar-refractivity contribution in [3.05, 3.63) is 59.1 Å². The monoisotopic (exact) mass is 348 g/mol. The lowest BCUT2D eigenvalue weighted by molar-refractivity contribution is 0.565. The number of aromatic nitrogens is 2. The van der Waals surface area contributed by atoms with Crippen LogP contribution in [0.1, 0.15) is 5.56 Å². The molecule has 1 atom stereocenters. The molecule has 3 N–H and O–H groups in total. The first kappa shape index (κ1) is 16.6. The molecule has 4 nitrogen and oxygen atoms in total. The van der Waals surface area contributed by atoms with Crippen LogP contribution < -0.4 is 11.1 Å². The van der Waals surface area contributed by atoms with Crippen LogP contribution in [0.15, 0.2) is 41.9 Å². The number of hydrogen-bond donors (Lipinski definition) is 2. The predicted octanol–water partition coefficient (Wildman–Crippen LogP) is 3.41. The van der Waals surface area contributed by atoms with E-state index in [1.165, 1.54) is 12.1 Å². The lowest BCUT2D eigenvalue weighted by Crippen LogP contribution is -2.31. The Labute approximate surface area is 142 Å². The fraction of sp³-hybridized carbons (Fsp3) is 0.235. The van der Waals surface area contributed by atoms with Crippen molar-refractivity contribution in [1.29, 1.82) is 0 Å². The predicted molar refractivity (Wildman–Crippen MR) is 93.0 cm³/mol. The fourth-order valence-electron chi connectivity index (χ4n) is 2.55. The molecule has 1 aromatic carbocycles. The van der Waals surface area contributed by atoms with Gasteiger partial charge in [-0.25, -0.2) is 8.78 Å². The quantitative estimate of drug-likeness (QED) is 0.718. The van der Waals surface area contributed by atoms with Gasteiger partial charge in [0, 0.05) is 42.8 Å². The number of thiophene rings is 1. The number of aryl methyl sites for hydroxylation is 1. The third kappa shape index (κ3) is 3.63. The zero-order valence-electron chi connectivity index (χ0n) is 13.2. The van der Waals surface area contributed by atoms with Crippen LogP contribution in [0.2, 0.25) is 0 Å². The number of hydrogen-bond acceptors (Lipinski definition) is 4. The first-order valence-corrected chi connectivity index (χ1v) is 8.42. The number of rotatable bonds is 6. The minimum atomic E-state index is -0.576. The van der Waals surface area contributed by atoms with E-state index in [4.69, 9.17) is 5.73 Å². The van der Waals surface area contributed by atoms with Gasteiger partial charge < -0.3 is 11.1 Å². The zero-order valence-corrected chi connectivity index (χ0v) is 14.0. The second kappa shape index (κ2) is 7.11. The zero-order chi connectivity index (χ0) is 17.1. The number of benzene rings is 1. The van der Waals surface area contributed by atoms with Gasteiger partial charge in [0.05, 0.1) is 10.7 Å². The van der Waals surface area contributed by atoms with Crippen molar-refractivity contribution < 1.29 is 8.78 Å². The Hall–Kier alpha value is -2.25. The van der Waals surface area contributed by atoms with E-state index in [2.05, 4.69) is 10.4 Å². The molecule has 0 radical (unpaired) electrons. The molecule has 0 aliphatic rings. The highest BCUT2D eigenvalue weighted by Crippen LogP contribution is 2.29. The maximum Gasteiger partial charge on any atom is 0.129 e. The van der Waals surface area contributed by atoms with Gasteiger partial charge in [-0.15, -0.1) is 11.3 Å². The molecule has 126 valence electrons. The van der Waals surface area contributed by atoms with E-state index < -0.39 is 11.6 Å². The summed E-state index contributed by atoms with van der Waals surface area (Å²) in [7, 11) is 1.89. The second-order valence-electron chi connectivity index (χ2n) is 5.56. The highest BCUT2D eigenvalue weighted by atomic mass is 32.1. The molecule has 2 heterocycles. The van der Waals surface area contributed by atoms with Crippen LogP contribution in [0.25, 0.3) is 11.3 Å². The summed E-state index contributed by atoms with van der Waals surface area (Å²) >= 11 is 1.56.